The fraction of sp³-hybridized carbons (Fsp3) is 0.364. The third kappa shape index (κ3) is 4.88. The molecule has 0 saturated carbocycles. The minimum absolute atomic E-state index is 0.0256. The molecule has 0 saturated heterocycles. The van der Waals surface area contributed by atoms with Crippen LogP contribution >= 0.6 is 0 Å². The van der Waals surface area contributed by atoms with Crippen molar-refractivity contribution in [2.45, 2.75) is 38.8 Å². The van der Waals surface area contributed by atoms with Crippen LogP contribution in [0, 0.1) is 0 Å². The van der Waals surface area contributed by atoms with E-state index in [0.717, 1.165) is 17.7 Å². The van der Waals surface area contributed by atoms with Gasteiger partial charge in [0.15, 0.2) is 0 Å². The number of aryl methyl sites for hydroxylation is 1. The second-order valence-electron chi connectivity index (χ2n) is 6.92. The fourth-order valence-electron chi connectivity index (χ4n) is 3.38. The Morgan fingerprint density at radius 2 is 1.81 bits per heavy atom. The van der Waals surface area contributed by atoms with E-state index < -0.39 is 6.04 Å². The summed E-state index contributed by atoms with van der Waals surface area (Å²) in [4.78, 5) is 26.7. The maximum Gasteiger partial charge on any atom is 0.245 e. The smallest absolute Gasteiger partial charge is 0.245 e. The number of methoxy groups -OCH3 is 1. The number of benzene rings is 2. The van der Waals surface area contributed by atoms with Crippen molar-refractivity contribution in [2.24, 2.45) is 0 Å². The molecule has 0 radical (unpaired) electrons. The second-order valence-corrected chi connectivity index (χ2v) is 6.92. The molecular formula is C22H26N2O3. The van der Waals surface area contributed by atoms with Gasteiger partial charge in [0, 0.05) is 19.5 Å². The zero-order valence-electron chi connectivity index (χ0n) is 15.9. The van der Waals surface area contributed by atoms with E-state index in [2.05, 4.69) is 17.4 Å². The van der Waals surface area contributed by atoms with Gasteiger partial charge < -0.3 is 15.0 Å². The van der Waals surface area contributed by atoms with Crippen LogP contribution in [0.5, 0.6) is 5.75 Å². The predicted octanol–water partition coefficient (Wildman–Crippen LogP) is 2.72. The van der Waals surface area contributed by atoms with Crippen LogP contribution in [0.15, 0.2) is 48.5 Å². The van der Waals surface area contributed by atoms with Gasteiger partial charge in [0.2, 0.25) is 11.8 Å². The van der Waals surface area contributed by atoms with E-state index in [1.807, 2.05) is 41.3 Å². The highest BCUT2D eigenvalue weighted by atomic mass is 16.5. The normalized spacial score (nSPS) is 14.2. The molecular weight excluding hydrogens is 340 g/mol. The quantitative estimate of drug-likeness (QED) is 0.855. The number of hydrogen-bond donors (Lipinski definition) is 1. The first kappa shape index (κ1) is 19.0. The number of hydrogen-bond acceptors (Lipinski definition) is 3. The first-order valence-electron chi connectivity index (χ1n) is 9.34. The molecule has 1 atom stereocenters. The highest BCUT2D eigenvalue weighted by Crippen LogP contribution is 2.19. The molecule has 0 aromatic heterocycles. The summed E-state index contributed by atoms with van der Waals surface area (Å²) < 4.78 is 5.13. The summed E-state index contributed by atoms with van der Waals surface area (Å²) >= 11 is 0. The SMILES string of the molecule is COc1ccc(CCC(=O)N[C@@H](C)C(=O)N2CCc3ccccc3C2)cc1. The lowest BCUT2D eigenvalue weighted by Gasteiger charge is -2.31. The lowest BCUT2D eigenvalue weighted by atomic mass is 9.99. The summed E-state index contributed by atoms with van der Waals surface area (Å²) in [6.07, 6.45) is 1.85. The summed E-state index contributed by atoms with van der Waals surface area (Å²) in [7, 11) is 1.63. The Morgan fingerprint density at radius 1 is 1.11 bits per heavy atom. The number of carbonyl (C=O) groups excluding carboxylic acids is 2. The Kier molecular flexibility index (Phi) is 6.12. The molecule has 2 amide bonds. The number of fused-ring (bicyclic) bond motifs is 1. The standard InChI is InChI=1S/C22H26N2O3/c1-16(22(26)24-14-13-18-5-3-4-6-19(18)15-24)23-21(25)12-9-17-7-10-20(27-2)11-8-17/h3-8,10-11,16H,9,12-15H2,1-2H3,(H,23,25)/t16-/m0/s1. The van der Waals surface area contributed by atoms with Crippen molar-refractivity contribution in [2.75, 3.05) is 13.7 Å². The van der Waals surface area contributed by atoms with Gasteiger partial charge in [-0.05, 0) is 48.6 Å². The highest BCUT2D eigenvalue weighted by molar-refractivity contribution is 5.87. The lowest BCUT2D eigenvalue weighted by molar-refractivity contribution is -0.136. The molecule has 0 unspecified atom stereocenters. The molecule has 0 fully saturated rings. The summed E-state index contributed by atoms with van der Waals surface area (Å²) in [5.41, 5.74) is 3.56. The van der Waals surface area contributed by atoms with Crippen LogP contribution in [0.1, 0.15) is 30.0 Å². The van der Waals surface area contributed by atoms with Crippen LogP contribution in [-0.4, -0.2) is 36.4 Å². The molecule has 0 bridgehead atoms. The molecule has 0 aliphatic carbocycles. The van der Waals surface area contributed by atoms with Gasteiger partial charge >= 0.3 is 0 Å². The van der Waals surface area contributed by atoms with E-state index in [1.165, 1.54) is 11.1 Å². The summed E-state index contributed by atoms with van der Waals surface area (Å²) in [5.74, 6) is 0.664. The minimum Gasteiger partial charge on any atom is -0.497 e. The van der Waals surface area contributed by atoms with Crippen LogP contribution in [0.4, 0.5) is 0 Å². The van der Waals surface area contributed by atoms with E-state index in [9.17, 15) is 9.59 Å². The minimum atomic E-state index is -0.515. The van der Waals surface area contributed by atoms with Gasteiger partial charge in [-0.25, -0.2) is 0 Å². The first-order chi connectivity index (χ1) is 13.1. The van der Waals surface area contributed by atoms with Gasteiger partial charge in [-0.15, -0.1) is 0 Å². The number of ether oxygens (including phenoxy) is 1. The maximum atomic E-state index is 12.7. The molecule has 2 aromatic carbocycles. The van der Waals surface area contributed by atoms with Crippen molar-refractivity contribution in [1.82, 2.24) is 10.2 Å². The Morgan fingerprint density at radius 3 is 2.52 bits per heavy atom. The average molecular weight is 366 g/mol. The van der Waals surface area contributed by atoms with Crippen molar-refractivity contribution < 1.29 is 14.3 Å². The molecule has 0 spiro atoms. The third-order valence-corrected chi connectivity index (χ3v) is 4.99. The number of carbonyl (C=O) groups is 2. The fourth-order valence-corrected chi connectivity index (χ4v) is 3.38. The van der Waals surface area contributed by atoms with Crippen molar-refractivity contribution in [1.29, 1.82) is 0 Å². The number of nitrogens with zero attached hydrogens (tertiary/aromatic N) is 1. The van der Waals surface area contributed by atoms with E-state index >= 15 is 0 Å². The topological polar surface area (TPSA) is 58.6 Å². The van der Waals surface area contributed by atoms with Crippen LogP contribution in [-0.2, 0) is 29.0 Å². The Labute approximate surface area is 160 Å². The second kappa shape index (κ2) is 8.71. The third-order valence-electron chi connectivity index (χ3n) is 4.99. The van der Waals surface area contributed by atoms with Crippen LogP contribution in [0.2, 0.25) is 0 Å². The van der Waals surface area contributed by atoms with Crippen molar-refractivity contribution >= 4 is 11.8 Å². The van der Waals surface area contributed by atoms with Crippen LogP contribution < -0.4 is 10.1 Å². The molecule has 1 aliphatic heterocycles. The molecule has 1 aliphatic rings. The van der Waals surface area contributed by atoms with Gasteiger partial charge in [0.1, 0.15) is 11.8 Å². The Hall–Kier alpha value is -2.82. The van der Waals surface area contributed by atoms with Crippen LogP contribution in [0.3, 0.4) is 0 Å². The summed E-state index contributed by atoms with van der Waals surface area (Å²) in [6.45, 7) is 3.07. The summed E-state index contributed by atoms with van der Waals surface area (Å²) in [6, 6.07) is 15.4. The molecule has 5 heteroatoms. The van der Waals surface area contributed by atoms with E-state index in [4.69, 9.17) is 4.74 Å². The van der Waals surface area contributed by atoms with Gasteiger partial charge in [-0.1, -0.05) is 36.4 Å². The first-order valence-corrected chi connectivity index (χ1v) is 9.34. The van der Waals surface area contributed by atoms with E-state index in [0.29, 0.717) is 25.9 Å². The van der Waals surface area contributed by atoms with Gasteiger partial charge in [-0.3, -0.25) is 9.59 Å². The lowest BCUT2D eigenvalue weighted by Crippen LogP contribution is -2.48. The van der Waals surface area contributed by atoms with Gasteiger partial charge in [0.05, 0.1) is 7.11 Å². The average Bonchev–Trinajstić information content (AvgIpc) is 2.71. The van der Waals surface area contributed by atoms with Crippen molar-refractivity contribution in [3.05, 3.63) is 65.2 Å². The number of rotatable bonds is 6. The molecule has 2 aromatic rings. The monoisotopic (exact) mass is 366 g/mol. The Bertz CT molecular complexity index is 801. The predicted molar refractivity (Wildman–Crippen MR) is 104 cm³/mol. The zero-order chi connectivity index (χ0) is 19.2. The van der Waals surface area contributed by atoms with Gasteiger partial charge in [0.25, 0.3) is 0 Å². The molecule has 3 rings (SSSR count). The molecule has 27 heavy (non-hydrogen) atoms. The van der Waals surface area contributed by atoms with E-state index in [-0.39, 0.29) is 11.8 Å². The van der Waals surface area contributed by atoms with Crippen molar-refractivity contribution in [3.63, 3.8) is 0 Å². The van der Waals surface area contributed by atoms with E-state index in [1.54, 1.807) is 14.0 Å². The number of nitrogens with one attached hydrogen (secondary N) is 1. The highest BCUT2D eigenvalue weighted by Gasteiger charge is 2.25. The summed E-state index contributed by atoms with van der Waals surface area (Å²) in [5, 5.41) is 2.84. The molecule has 1 heterocycles. The molecule has 1 N–H and O–H groups in total. The molecule has 142 valence electrons. The van der Waals surface area contributed by atoms with Crippen molar-refractivity contribution in [3.8, 4) is 5.75 Å². The van der Waals surface area contributed by atoms with Crippen LogP contribution in [0.25, 0.3) is 0 Å². The zero-order valence-corrected chi connectivity index (χ0v) is 15.9. The maximum absolute atomic E-state index is 12.7. The number of amides is 2. The largest absolute Gasteiger partial charge is 0.497 e. The molecule has 5 nitrogen and oxygen atoms in total. The Balaban J connectivity index is 1.48. The van der Waals surface area contributed by atoms with Gasteiger partial charge in [-0.2, -0.15) is 0 Å².